The van der Waals surface area contributed by atoms with Crippen molar-refractivity contribution in [3.63, 3.8) is 0 Å². The lowest BCUT2D eigenvalue weighted by Crippen LogP contribution is -2.39. The van der Waals surface area contributed by atoms with Crippen LogP contribution in [0.15, 0.2) is 49.6 Å². The average Bonchev–Trinajstić information content (AvgIpc) is 2.53. The Morgan fingerprint density at radius 1 is 1.26 bits per heavy atom. The number of carbonyl (C=O) groups is 1. The third kappa shape index (κ3) is 5.65. The van der Waals surface area contributed by atoms with Crippen LogP contribution in [0.2, 0.25) is 0 Å². The first-order valence-electron chi connectivity index (χ1n) is 7.14. The van der Waals surface area contributed by atoms with E-state index in [1.807, 2.05) is 0 Å². The van der Waals surface area contributed by atoms with E-state index >= 15 is 0 Å². The quantitative estimate of drug-likeness (QED) is 0.249. The highest BCUT2D eigenvalue weighted by Crippen LogP contribution is 2.24. The molecular weight excluding hydrogens is 298 g/mol. The van der Waals surface area contributed by atoms with E-state index < -0.39 is 22.9 Å². The van der Waals surface area contributed by atoms with Crippen LogP contribution in [0.1, 0.15) is 11.6 Å². The minimum atomic E-state index is -0.957. The van der Waals surface area contributed by atoms with Crippen LogP contribution < -0.4 is 10.6 Å². The molecular formula is C16H21N3O4. The summed E-state index contributed by atoms with van der Waals surface area (Å²) in [6.07, 6.45) is 3.28. The van der Waals surface area contributed by atoms with Gasteiger partial charge in [-0.25, -0.2) is 0 Å². The van der Waals surface area contributed by atoms with Crippen LogP contribution >= 0.6 is 0 Å². The Kier molecular flexibility index (Phi) is 7.65. The lowest BCUT2D eigenvalue weighted by atomic mass is 9.92. The molecule has 0 aliphatic heterocycles. The monoisotopic (exact) mass is 319 g/mol. The van der Waals surface area contributed by atoms with Gasteiger partial charge >= 0.3 is 5.97 Å². The highest BCUT2D eigenvalue weighted by molar-refractivity contribution is 5.71. The van der Waals surface area contributed by atoms with Gasteiger partial charge in [0.25, 0.3) is 5.69 Å². The molecule has 3 N–H and O–H groups in total. The second kappa shape index (κ2) is 9.50. The highest BCUT2D eigenvalue weighted by atomic mass is 16.6. The van der Waals surface area contributed by atoms with Gasteiger partial charge in [0.15, 0.2) is 0 Å². The standard InChI is InChI=1S/C16H21N3O4/c1-3-9-17-11-14(16(20)21)15(18-10-4-2)12-5-7-13(8-6-12)19(22)23/h3-8,14-15,17-18H,1-2,9-11H2,(H,20,21). The number of hydrogen-bond acceptors (Lipinski definition) is 5. The number of aliphatic carboxylic acids is 1. The maximum absolute atomic E-state index is 11.6. The van der Waals surface area contributed by atoms with Gasteiger partial charge in [0.2, 0.25) is 0 Å². The van der Waals surface area contributed by atoms with Gasteiger partial charge < -0.3 is 15.7 Å². The van der Waals surface area contributed by atoms with Crippen molar-refractivity contribution in [3.8, 4) is 0 Å². The first kappa shape index (κ1) is 18.5. The van der Waals surface area contributed by atoms with Gasteiger partial charge in [-0.2, -0.15) is 0 Å². The fraction of sp³-hybridized carbons (Fsp3) is 0.312. The molecule has 124 valence electrons. The fourth-order valence-electron chi connectivity index (χ4n) is 2.19. The van der Waals surface area contributed by atoms with Crippen LogP contribution in [0.4, 0.5) is 5.69 Å². The Bertz CT molecular complexity index is 557. The Morgan fingerprint density at radius 3 is 2.35 bits per heavy atom. The molecule has 0 aliphatic carbocycles. The fourth-order valence-corrected chi connectivity index (χ4v) is 2.19. The number of nitrogens with zero attached hydrogens (tertiary/aromatic N) is 1. The second-order valence-electron chi connectivity index (χ2n) is 4.91. The molecule has 1 rings (SSSR count). The predicted molar refractivity (Wildman–Crippen MR) is 88.2 cm³/mol. The Hall–Kier alpha value is -2.51. The molecule has 1 aromatic carbocycles. The molecule has 23 heavy (non-hydrogen) atoms. The molecule has 0 aromatic heterocycles. The molecule has 0 bridgehead atoms. The van der Waals surface area contributed by atoms with E-state index in [-0.39, 0.29) is 12.2 Å². The number of carboxylic acid groups (broad SMARTS) is 1. The summed E-state index contributed by atoms with van der Waals surface area (Å²) in [7, 11) is 0. The zero-order valence-corrected chi connectivity index (χ0v) is 12.8. The number of non-ortho nitro benzene ring substituents is 1. The molecule has 0 saturated carbocycles. The molecule has 0 aliphatic rings. The van der Waals surface area contributed by atoms with E-state index in [2.05, 4.69) is 23.8 Å². The van der Waals surface area contributed by atoms with E-state index in [1.165, 1.54) is 12.1 Å². The maximum atomic E-state index is 11.6. The van der Waals surface area contributed by atoms with Gasteiger partial charge in [-0.1, -0.05) is 24.3 Å². The summed E-state index contributed by atoms with van der Waals surface area (Å²) in [5.74, 6) is -1.70. The highest BCUT2D eigenvalue weighted by Gasteiger charge is 2.28. The lowest BCUT2D eigenvalue weighted by molar-refractivity contribution is -0.384. The summed E-state index contributed by atoms with van der Waals surface area (Å²) in [4.78, 5) is 21.9. The van der Waals surface area contributed by atoms with Gasteiger partial charge in [-0.15, -0.1) is 13.2 Å². The van der Waals surface area contributed by atoms with Crippen molar-refractivity contribution in [2.24, 2.45) is 5.92 Å². The summed E-state index contributed by atoms with van der Waals surface area (Å²) < 4.78 is 0. The molecule has 7 nitrogen and oxygen atoms in total. The minimum Gasteiger partial charge on any atom is -0.481 e. The third-order valence-corrected chi connectivity index (χ3v) is 3.32. The number of hydrogen-bond donors (Lipinski definition) is 3. The first-order valence-corrected chi connectivity index (χ1v) is 7.14. The largest absolute Gasteiger partial charge is 0.481 e. The molecule has 0 amide bonds. The summed E-state index contributed by atoms with van der Waals surface area (Å²) in [6, 6.07) is 5.38. The third-order valence-electron chi connectivity index (χ3n) is 3.32. The van der Waals surface area contributed by atoms with E-state index in [9.17, 15) is 20.0 Å². The zero-order valence-electron chi connectivity index (χ0n) is 12.8. The first-order chi connectivity index (χ1) is 11.0. The summed E-state index contributed by atoms with van der Waals surface area (Å²) in [5, 5.41) is 26.3. The molecule has 7 heteroatoms. The van der Waals surface area contributed by atoms with Crippen molar-refractivity contribution < 1.29 is 14.8 Å². The van der Waals surface area contributed by atoms with Crippen molar-refractivity contribution in [3.05, 3.63) is 65.3 Å². The van der Waals surface area contributed by atoms with Gasteiger partial charge in [-0.3, -0.25) is 14.9 Å². The maximum Gasteiger partial charge on any atom is 0.309 e. The molecule has 0 fully saturated rings. The molecule has 1 aromatic rings. The van der Waals surface area contributed by atoms with E-state index in [0.717, 1.165) is 0 Å². The van der Waals surface area contributed by atoms with Crippen LogP contribution in [0.5, 0.6) is 0 Å². The van der Waals surface area contributed by atoms with Gasteiger partial charge in [0.1, 0.15) is 0 Å². The van der Waals surface area contributed by atoms with Crippen LogP contribution in [-0.4, -0.2) is 35.6 Å². The van der Waals surface area contributed by atoms with Gasteiger partial charge in [-0.05, 0) is 5.56 Å². The van der Waals surface area contributed by atoms with Crippen molar-refractivity contribution in [2.75, 3.05) is 19.6 Å². The Labute approximate surface area is 134 Å². The van der Waals surface area contributed by atoms with E-state index in [4.69, 9.17) is 0 Å². The van der Waals surface area contributed by atoms with Crippen molar-refractivity contribution in [1.82, 2.24) is 10.6 Å². The average molecular weight is 319 g/mol. The number of nitro benzene ring substituents is 1. The van der Waals surface area contributed by atoms with Crippen molar-refractivity contribution in [2.45, 2.75) is 6.04 Å². The van der Waals surface area contributed by atoms with Crippen molar-refractivity contribution >= 4 is 11.7 Å². The van der Waals surface area contributed by atoms with Crippen LogP contribution in [0.3, 0.4) is 0 Å². The summed E-state index contributed by atoms with van der Waals surface area (Å²) in [6.45, 7) is 8.36. The summed E-state index contributed by atoms with van der Waals surface area (Å²) in [5.41, 5.74) is 0.637. The predicted octanol–water partition coefficient (Wildman–Crippen LogP) is 1.89. The molecule has 0 heterocycles. The number of nitrogens with one attached hydrogen (secondary N) is 2. The topological polar surface area (TPSA) is 104 Å². The number of carboxylic acids is 1. The SMILES string of the molecule is C=CCNCC(C(=O)O)C(NCC=C)c1ccc([N+](=O)[O-])cc1. The van der Waals surface area contributed by atoms with Gasteiger partial charge in [0.05, 0.1) is 10.8 Å². The minimum absolute atomic E-state index is 0.0344. The smallest absolute Gasteiger partial charge is 0.309 e. The molecule has 2 atom stereocenters. The Morgan fingerprint density at radius 2 is 1.87 bits per heavy atom. The normalized spacial score (nSPS) is 13.0. The van der Waals surface area contributed by atoms with Crippen molar-refractivity contribution in [1.29, 1.82) is 0 Å². The number of nitro groups is 1. The van der Waals surface area contributed by atoms with Gasteiger partial charge in [0, 0.05) is 37.8 Å². The van der Waals surface area contributed by atoms with Crippen LogP contribution in [-0.2, 0) is 4.79 Å². The summed E-state index contributed by atoms with van der Waals surface area (Å²) >= 11 is 0. The Balaban J connectivity index is 3.03. The van der Waals surface area contributed by atoms with E-state index in [0.29, 0.717) is 18.7 Å². The lowest BCUT2D eigenvalue weighted by Gasteiger charge is -2.25. The molecule has 0 radical (unpaired) electrons. The van der Waals surface area contributed by atoms with Crippen LogP contribution in [0, 0.1) is 16.0 Å². The molecule has 0 spiro atoms. The van der Waals surface area contributed by atoms with E-state index in [1.54, 1.807) is 24.3 Å². The molecule has 0 saturated heterocycles. The van der Waals surface area contributed by atoms with Crippen LogP contribution in [0.25, 0.3) is 0 Å². The zero-order chi connectivity index (χ0) is 17.2. The number of benzene rings is 1. The number of rotatable bonds is 11. The molecule has 2 unspecified atom stereocenters. The second-order valence-corrected chi connectivity index (χ2v) is 4.91.